The van der Waals surface area contributed by atoms with Crippen molar-refractivity contribution in [3.63, 3.8) is 0 Å². The summed E-state index contributed by atoms with van der Waals surface area (Å²) in [4.78, 5) is 16.7. The van der Waals surface area contributed by atoms with Gasteiger partial charge in [-0.15, -0.1) is 0 Å². The largest absolute Gasteiger partial charge is 0.444 e. The molecule has 1 amide bonds. The maximum absolute atomic E-state index is 11.6. The van der Waals surface area contributed by atoms with E-state index >= 15 is 0 Å². The molecule has 0 atom stereocenters. The first-order chi connectivity index (χ1) is 14.1. The highest BCUT2D eigenvalue weighted by atomic mass is 16.6. The van der Waals surface area contributed by atoms with Gasteiger partial charge in [-0.1, -0.05) is 20.8 Å². The number of nitrogens with zero attached hydrogens (tertiary/aromatic N) is 2. The molecule has 2 aliphatic rings. The molecule has 2 rings (SSSR count). The molecule has 0 unspecified atom stereocenters. The number of hydrogen-bond acceptors (Lipinski definition) is 4. The summed E-state index contributed by atoms with van der Waals surface area (Å²) in [7, 11) is 0. The molecule has 2 saturated heterocycles. The highest BCUT2D eigenvalue weighted by molar-refractivity contribution is 5.67. The molecule has 2 aliphatic heterocycles. The molecule has 0 aromatic heterocycles. The lowest BCUT2D eigenvalue weighted by Gasteiger charge is -2.40. The van der Waals surface area contributed by atoms with Gasteiger partial charge in [0.05, 0.1) is 0 Å². The van der Waals surface area contributed by atoms with Crippen LogP contribution in [0.1, 0.15) is 109 Å². The van der Waals surface area contributed by atoms with Crippen molar-refractivity contribution in [1.82, 2.24) is 15.1 Å². The number of rotatable bonds is 3. The Labute approximate surface area is 201 Å². The highest BCUT2D eigenvalue weighted by Crippen LogP contribution is 2.25. The minimum absolute atomic E-state index is 0. The van der Waals surface area contributed by atoms with Crippen molar-refractivity contribution in [3.05, 3.63) is 0 Å². The fourth-order valence-electron chi connectivity index (χ4n) is 4.36. The van der Waals surface area contributed by atoms with E-state index in [2.05, 4.69) is 63.6 Å². The van der Waals surface area contributed by atoms with Crippen molar-refractivity contribution >= 4 is 6.09 Å². The second kappa shape index (κ2) is 13.2. The quantitative estimate of drug-likeness (QED) is 0.523. The van der Waals surface area contributed by atoms with Crippen molar-refractivity contribution < 1.29 is 9.53 Å². The Morgan fingerprint density at radius 3 is 1.47 bits per heavy atom. The van der Waals surface area contributed by atoms with Gasteiger partial charge in [0.1, 0.15) is 5.60 Å². The minimum atomic E-state index is -0.417. The van der Waals surface area contributed by atoms with Crippen molar-refractivity contribution in [2.75, 3.05) is 32.7 Å². The Hall–Kier alpha value is -0.810. The first-order valence-corrected chi connectivity index (χ1v) is 12.6. The van der Waals surface area contributed by atoms with Crippen LogP contribution in [0.2, 0.25) is 0 Å². The van der Waals surface area contributed by atoms with E-state index in [1.165, 1.54) is 32.4 Å². The first kappa shape index (κ1) is 31.2. The van der Waals surface area contributed by atoms with Crippen molar-refractivity contribution in [2.45, 2.75) is 125 Å². The normalized spacial score (nSPS) is 20.1. The maximum Gasteiger partial charge on any atom is 0.407 e. The highest BCUT2D eigenvalue weighted by Gasteiger charge is 2.28. The molecule has 32 heavy (non-hydrogen) atoms. The van der Waals surface area contributed by atoms with Crippen LogP contribution < -0.4 is 5.32 Å². The van der Waals surface area contributed by atoms with E-state index in [1.807, 2.05) is 20.8 Å². The molecule has 5 heteroatoms. The molecule has 192 valence electrons. The fourth-order valence-corrected chi connectivity index (χ4v) is 4.36. The number of carbonyl (C=O) groups is 1. The average Bonchev–Trinajstić information content (AvgIpc) is 2.64. The topological polar surface area (TPSA) is 44.8 Å². The van der Waals surface area contributed by atoms with Crippen LogP contribution in [0.15, 0.2) is 0 Å². The summed E-state index contributed by atoms with van der Waals surface area (Å²) >= 11 is 0. The lowest BCUT2D eigenvalue weighted by molar-refractivity contribution is 0.0489. The zero-order valence-electron chi connectivity index (χ0n) is 22.4. The van der Waals surface area contributed by atoms with Crippen molar-refractivity contribution in [1.29, 1.82) is 0 Å². The van der Waals surface area contributed by atoms with Gasteiger partial charge in [0.25, 0.3) is 0 Å². The van der Waals surface area contributed by atoms with E-state index in [4.69, 9.17) is 4.74 Å². The average molecular weight is 456 g/mol. The summed E-state index contributed by atoms with van der Waals surface area (Å²) in [5.74, 6) is 1.58. The minimum Gasteiger partial charge on any atom is -0.444 e. The van der Waals surface area contributed by atoms with E-state index in [9.17, 15) is 4.79 Å². The molecule has 0 spiro atoms. The molecular weight excluding hydrogens is 398 g/mol. The number of nitrogens with one attached hydrogen (secondary N) is 1. The number of carbonyl (C=O) groups excluding carboxylic acids is 1. The number of alkyl carbamates (subject to hydrolysis) is 1. The Kier molecular flexibility index (Phi) is 12.8. The number of likely N-dealkylation sites (tertiary alicyclic amines) is 2. The number of amides is 1. The third-order valence-electron chi connectivity index (χ3n) is 6.64. The summed E-state index contributed by atoms with van der Waals surface area (Å²) in [5.41, 5.74) is 0.224. The van der Waals surface area contributed by atoms with Crippen LogP contribution in [0.5, 0.6) is 0 Å². The molecule has 0 aromatic carbocycles. The zero-order valence-corrected chi connectivity index (χ0v) is 22.4. The van der Waals surface area contributed by atoms with Crippen molar-refractivity contribution in [3.8, 4) is 0 Å². The Bertz CT molecular complexity index is 512. The van der Waals surface area contributed by atoms with E-state index in [0.29, 0.717) is 11.5 Å². The van der Waals surface area contributed by atoms with E-state index in [0.717, 1.165) is 38.4 Å². The van der Waals surface area contributed by atoms with Crippen molar-refractivity contribution in [2.24, 2.45) is 11.8 Å². The van der Waals surface area contributed by atoms with Crippen LogP contribution in [0, 0.1) is 11.8 Å². The van der Waals surface area contributed by atoms with Gasteiger partial charge in [-0.25, -0.2) is 4.79 Å². The van der Waals surface area contributed by atoms with Crippen LogP contribution in [-0.4, -0.2) is 65.3 Å². The van der Waals surface area contributed by atoms with Gasteiger partial charge in [-0.05, 0) is 126 Å². The molecule has 0 radical (unpaired) electrons. The summed E-state index contributed by atoms with van der Waals surface area (Å²) in [6.45, 7) is 27.3. The van der Waals surface area contributed by atoms with Gasteiger partial charge >= 0.3 is 6.09 Å². The van der Waals surface area contributed by atoms with E-state index < -0.39 is 5.60 Å². The van der Waals surface area contributed by atoms with Crippen LogP contribution in [0.25, 0.3) is 0 Å². The van der Waals surface area contributed by atoms with Crippen LogP contribution in [0.3, 0.4) is 0 Å². The lowest BCUT2D eigenvalue weighted by Crippen LogP contribution is -2.47. The third kappa shape index (κ3) is 12.4. The smallest absolute Gasteiger partial charge is 0.407 e. The lowest BCUT2D eigenvalue weighted by atomic mass is 9.91. The molecule has 2 fully saturated rings. The molecule has 0 saturated carbocycles. The molecule has 5 nitrogen and oxygen atoms in total. The van der Waals surface area contributed by atoms with E-state index in [-0.39, 0.29) is 19.1 Å². The van der Waals surface area contributed by atoms with Gasteiger partial charge in [0.15, 0.2) is 0 Å². The Balaban J connectivity index is 0.000000639. The molecule has 0 aromatic rings. The van der Waals surface area contributed by atoms with E-state index in [1.54, 1.807) is 0 Å². The van der Waals surface area contributed by atoms with Crippen LogP contribution in [0.4, 0.5) is 4.79 Å². The van der Waals surface area contributed by atoms with Gasteiger partial charge in [0, 0.05) is 17.6 Å². The zero-order chi connectivity index (χ0) is 23.9. The summed E-state index contributed by atoms with van der Waals surface area (Å²) in [6.07, 6.45) is 6.19. The predicted octanol–water partition coefficient (Wildman–Crippen LogP) is 6.56. The molecular formula is C27H57N3O2. The van der Waals surface area contributed by atoms with Gasteiger partial charge < -0.3 is 10.1 Å². The summed E-state index contributed by atoms with van der Waals surface area (Å²) in [5, 5.41) is 2.88. The van der Waals surface area contributed by atoms with Crippen LogP contribution in [-0.2, 0) is 4.74 Å². The Morgan fingerprint density at radius 1 is 0.781 bits per heavy atom. The molecule has 1 N–H and O–H groups in total. The second-order valence-electron chi connectivity index (χ2n) is 12.5. The molecule has 0 aliphatic carbocycles. The fraction of sp³-hybridized carbons (Fsp3) is 0.963. The molecule has 2 heterocycles. The first-order valence-electron chi connectivity index (χ1n) is 12.6. The number of piperidine rings is 2. The SMILES string of the molecule is C.CC(C)(C)OC(=O)NCC1CCN(C(C)(C)C)CC1.CCC1CCN(C(C)(C)C)CC1. The monoisotopic (exact) mass is 455 g/mol. The maximum atomic E-state index is 11.6. The van der Waals surface area contributed by atoms with Crippen LogP contribution >= 0.6 is 0 Å². The second-order valence-corrected chi connectivity index (χ2v) is 12.5. The summed E-state index contributed by atoms with van der Waals surface area (Å²) < 4.78 is 5.24. The number of hydrogen-bond donors (Lipinski definition) is 1. The summed E-state index contributed by atoms with van der Waals surface area (Å²) in [6, 6.07) is 0. The third-order valence-corrected chi connectivity index (χ3v) is 6.64. The van der Waals surface area contributed by atoms with Gasteiger partial charge in [0.2, 0.25) is 0 Å². The Morgan fingerprint density at radius 2 is 1.16 bits per heavy atom. The van der Waals surface area contributed by atoms with Gasteiger partial charge in [-0.3, -0.25) is 9.80 Å². The standard InChI is InChI=1S/C15H30N2O2.C11H23N.CH4/c1-14(2,3)17-9-7-12(8-10-17)11-16-13(18)19-15(4,5)6;1-5-10-6-8-12(9-7-10)11(2,3)4;/h12H,7-11H2,1-6H3,(H,16,18);10H,5-9H2,1-4H3;1H4. The number of ether oxygens (including phenoxy) is 1. The predicted molar refractivity (Wildman–Crippen MR) is 139 cm³/mol. The van der Waals surface area contributed by atoms with Gasteiger partial charge in [-0.2, -0.15) is 0 Å². The molecule has 0 bridgehead atoms.